The first kappa shape index (κ1) is 15.2. The third-order valence-corrected chi connectivity index (χ3v) is 5.62. The van der Waals surface area contributed by atoms with Gasteiger partial charge in [-0.2, -0.15) is 0 Å². The molecule has 0 radical (unpaired) electrons. The highest BCUT2D eigenvalue weighted by molar-refractivity contribution is 7.16. The number of halogens is 3. The molecule has 102 valence electrons. The Hall–Kier alpha value is -0.210. The Bertz CT molecular complexity index is 544. The molecule has 4 heteroatoms. The minimum Gasteiger partial charge on any atom is -0.128 e. The monoisotopic (exact) mass is 332 g/mol. The third-order valence-electron chi connectivity index (χ3n) is 3.37. The van der Waals surface area contributed by atoms with Gasteiger partial charge in [0.25, 0.3) is 0 Å². The maximum absolute atomic E-state index is 6.27. The van der Waals surface area contributed by atoms with Crippen LogP contribution in [0.5, 0.6) is 0 Å². The van der Waals surface area contributed by atoms with Crippen LogP contribution in [0.15, 0.2) is 36.4 Å². The minimum atomic E-state index is -0.233. The number of aryl methyl sites for hydroxylation is 1. The van der Waals surface area contributed by atoms with Gasteiger partial charge in [0, 0.05) is 22.1 Å². The van der Waals surface area contributed by atoms with Gasteiger partial charge in [0.05, 0.1) is 4.34 Å². The molecular weight excluding hydrogens is 319 g/mol. The molecule has 0 atom stereocenters. The summed E-state index contributed by atoms with van der Waals surface area (Å²) in [5.74, 6) is 0.994. The molecule has 0 aliphatic rings. The van der Waals surface area contributed by atoms with Crippen LogP contribution in [0.1, 0.15) is 16.0 Å². The van der Waals surface area contributed by atoms with Crippen LogP contribution in [-0.2, 0) is 11.8 Å². The Labute approximate surface area is 133 Å². The summed E-state index contributed by atoms with van der Waals surface area (Å²) >= 11 is 20.1. The van der Waals surface area contributed by atoms with E-state index in [1.807, 2.05) is 18.2 Å². The molecule has 2 aromatic rings. The predicted molar refractivity (Wildman–Crippen MR) is 87.3 cm³/mol. The summed E-state index contributed by atoms with van der Waals surface area (Å²) in [5.41, 5.74) is 2.22. The van der Waals surface area contributed by atoms with Crippen molar-refractivity contribution in [3.05, 3.63) is 56.7 Å². The van der Waals surface area contributed by atoms with Gasteiger partial charge >= 0.3 is 0 Å². The number of rotatable bonds is 5. The van der Waals surface area contributed by atoms with Crippen LogP contribution >= 0.6 is 46.1 Å². The highest BCUT2D eigenvalue weighted by Gasteiger charge is 2.32. The standard InChI is InChI=1S/C15H15Cl3S/c1-11-4-2-3-5-13(11)15(9-16,10-17)8-12-6-7-14(18)19-12/h2-7H,8-10H2,1H3. The Balaban J connectivity index is 2.40. The molecular formula is C15H15Cl3S. The SMILES string of the molecule is Cc1ccccc1C(CCl)(CCl)Cc1ccc(Cl)s1. The van der Waals surface area contributed by atoms with E-state index >= 15 is 0 Å². The van der Waals surface area contributed by atoms with Crippen LogP contribution in [-0.4, -0.2) is 11.8 Å². The zero-order valence-corrected chi connectivity index (χ0v) is 13.7. The van der Waals surface area contributed by atoms with E-state index in [-0.39, 0.29) is 5.41 Å². The summed E-state index contributed by atoms with van der Waals surface area (Å²) in [6.45, 7) is 2.10. The van der Waals surface area contributed by atoms with Crippen molar-refractivity contribution in [2.24, 2.45) is 0 Å². The average molecular weight is 334 g/mol. The molecule has 0 saturated heterocycles. The summed E-state index contributed by atoms with van der Waals surface area (Å²) in [6.07, 6.45) is 0.822. The molecule has 0 nitrogen and oxygen atoms in total. The van der Waals surface area contributed by atoms with Crippen LogP contribution < -0.4 is 0 Å². The molecule has 1 heterocycles. The fourth-order valence-electron chi connectivity index (χ4n) is 2.32. The van der Waals surface area contributed by atoms with Crippen LogP contribution in [0.2, 0.25) is 4.34 Å². The maximum atomic E-state index is 6.27. The molecule has 0 bridgehead atoms. The smallest absolute Gasteiger partial charge is 0.0931 e. The minimum absolute atomic E-state index is 0.233. The normalized spacial score (nSPS) is 11.8. The molecule has 2 rings (SSSR count). The quantitative estimate of drug-likeness (QED) is 0.619. The molecule has 19 heavy (non-hydrogen) atoms. The van der Waals surface area contributed by atoms with Crippen molar-refractivity contribution >= 4 is 46.1 Å². The molecule has 0 unspecified atom stereocenters. The van der Waals surface area contributed by atoms with Crippen molar-refractivity contribution in [3.8, 4) is 0 Å². The summed E-state index contributed by atoms with van der Waals surface area (Å²) in [5, 5.41) is 0. The average Bonchev–Trinajstić information content (AvgIpc) is 2.82. The number of hydrogen-bond acceptors (Lipinski definition) is 1. The van der Waals surface area contributed by atoms with Gasteiger partial charge < -0.3 is 0 Å². The summed E-state index contributed by atoms with van der Waals surface area (Å²) < 4.78 is 0.804. The Morgan fingerprint density at radius 2 is 1.74 bits per heavy atom. The zero-order valence-electron chi connectivity index (χ0n) is 10.6. The molecule has 0 aliphatic heterocycles. The highest BCUT2D eigenvalue weighted by Crippen LogP contribution is 2.36. The summed E-state index contributed by atoms with van der Waals surface area (Å²) in [7, 11) is 0. The van der Waals surface area contributed by atoms with Gasteiger partial charge in [-0.15, -0.1) is 34.5 Å². The van der Waals surface area contributed by atoms with Crippen molar-refractivity contribution in [2.75, 3.05) is 11.8 Å². The summed E-state index contributed by atoms with van der Waals surface area (Å²) in [6, 6.07) is 12.3. The lowest BCUT2D eigenvalue weighted by atomic mass is 9.78. The van der Waals surface area contributed by atoms with E-state index in [0.717, 1.165) is 10.8 Å². The molecule has 0 fully saturated rings. The third kappa shape index (κ3) is 3.28. The first-order valence-electron chi connectivity index (χ1n) is 6.03. The van der Waals surface area contributed by atoms with Crippen molar-refractivity contribution in [1.29, 1.82) is 0 Å². The fourth-order valence-corrected chi connectivity index (χ4v) is 4.31. The highest BCUT2D eigenvalue weighted by atomic mass is 35.5. The fraction of sp³-hybridized carbons (Fsp3) is 0.333. The molecule has 0 amide bonds. The largest absolute Gasteiger partial charge is 0.128 e. The topological polar surface area (TPSA) is 0 Å². The Morgan fingerprint density at radius 1 is 1.05 bits per heavy atom. The van der Waals surface area contributed by atoms with E-state index in [1.54, 1.807) is 11.3 Å². The molecule has 1 aromatic heterocycles. The molecule has 0 saturated carbocycles. The lowest BCUT2D eigenvalue weighted by Gasteiger charge is -2.31. The number of benzene rings is 1. The first-order chi connectivity index (χ1) is 9.11. The van der Waals surface area contributed by atoms with E-state index in [1.165, 1.54) is 16.0 Å². The summed E-state index contributed by atoms with van der Waals surface area (Å²) in [4.78, 5) is 1.22. The Kier molecular flexibility index (Phi) is 5.19. The van der Waals surface area contributed by atoms with Crippen LogP contribution in [0.3, 0.4) is 0 Å². The second-order valence-corrected chi connectivity index (χ2v) is 7.08. The second kappa shape index (κ2) is 6.49. The van der Waals surface area contributed by atoms with Gasteiger partial charge in [-0.25, -0.2) is 0 Å². The molecule has 1 aromatic carbocycles. The van der Waals surface area contributed by atoms with E-state index in [4.69, 9.17) is 34.8 Å². The van der Waals surface area contributed by atoms with Gasteiger partial charge in [-0.1, -0.05) is 35.9 Å². The van der Waals surface area contributed by atoms with Crippen molar-refractivity contribution in [2.45, 2.75) is 18.8 Å². The predicted octanol–water partition coefficient (Wildman–Crippen LogP) is 5.67. The Morgan fingerprint density at radius 3 is 2.26 bits per heavy atom. The first-order valence-corrected chi connectivity index (χ1v) is 8.30. The van der Waals surface area contributed by atoms with E-state index < -0.39 is 0 Å². The van der Waals surface area contributed by atoms with Crippen molar-refractivity contribution < 1.29 is 0 Å². The number of hydrogen-bond donors (Lipinski definition) is 0. The van der Waals surface area contributed by atoms with Gasteiger partial charge in [-0.05, 0) is 36.6 Å². The van der Waals surface area contributed by atoms with E-state index in [9.17, 15) is 0 Å². The van der Waals surface area contributed by atoms with Gasteiger partial charge in [0.15, 0.2) is 0 Å². The van der Waals surface area contributed by atoms with Crippen LogP contribution in [0.4, 0.5) is 0 Å². The van der Waals surface area contributed by atoms with E-state index in [2.05, 4.69) is 25.1 Å². The van der Waals surface area contributed by atoms with Crippen molar-refractivity contribution in [1.82, 2.24) is 0 Å². The van der Waals surface area contributed by atoms with E-state index in [0.29, 0.717) is 11.8 Å². The number of thiophene rings is 1. The van der Waals surface area contributed by atoms with Crippen LogP contribution in [0.25, 0.3) is 0 Å². The lowest BCUT2D eigenvalue weighted by molar-refractivity contribution is 0.538. The number of alkyl halides is 2. The van der Waals surface area contributed by atoms with Gasteiger partial charge in [-0.3, -0.25) is 0 Å². The zero-order chi connectivity index (χ0) is 13.9. The molecule has 0 aliphatic carbocycles. The maximum Gasteiger partial charge on any atom is 0.0931 e. The van der Waals surface area contributed by atoms with Gasteiger partial charge in [0.2, 0.25) is 0 Å². The lowest BCUT2D eigenvalue weighted by Crippen LogP contribution is -2.33. The van der Waals surface area contributed by atoms with Crippen molar-refractivity contribution in [3.63, 3.8) is 0 Å². The molecule has 0 spiro atoms. The molecule has 0 N–H and O–H groups in total. The van der Waals surface area contributed by atoms with Crippen LogP contribution in [0, 0.1) is 6.92 Å². The second-order valence-electron chi connectivity index (χ2n) is 4.75. The van der Waals surface area contributed by atoms with Gasteiger partial charge in [0.1, 0.15) is 0 Å².